The van der Waals surface area contributed by atoms with E-state index >= 15 is 0 Å². The maximum absolute atomic E-state index is 5.99. The molecule has 0 N–H and O–H groups in total. The van der Waals surface area contributed by atoms with Gasteiger partial charge in [0.15, 0.2) is 0 Å². The predicted molar refractivity (Wildman–Crippen MR) is 73.3 cm³/mol. The quantitative estimate of drug-likeness (QED) is 0.432. The van der Waals surface area contributed by atoms with Crippen LogP contribution in [0.3, 0.4) is 0 Å². The molecule has 1 heteroatoms. The highest BCUT2D eigenvalue weighted by Crippen LogP contribution is 2.39. The van der Waals surface area contributed by atoms with Crippen LogP contribution in [0.4, 0.5) is 0 Å². The van der Waals surface area contributed by atoms with Gasteiger partial charge in [-0.25, -0.2) is 0 Å². The van der Waals surface area contributed by atoms with Crippen LogP contribution in [0.15, 0.2) is 60.7 Å². The van der Waals surface area contributed by atoms with E-state index in [9.17, 15) is 0 Å². The minimum atomic E-state index is 0.951. The number of hydrogen-bond donors (Lipinski definition) is 0. The largest absolute Gasteiger partial charge is 0.457 e. The second-order valence-corrected chi connectivity index (χ2v) is 4.65. The maximum atomic E-state index is 5.99. The first-order valence-corrected chi connectivity index (χ1v) is 6.18. The summed E-state index contributed by atoms with van der Waals surface area (Å²) in [6.07, 6.45) is 0.951. The van der Waals surface area contributed by atoms with Gasteiger partial charge in [0.2, 0.25) is 0 Å². The van der Waals surface area contributed by atoms with E-state index in [0.717, 1.165) is 17.9 Å². The van der Waals surface area contributed by atoms with Gasteiger partial charge in [-0.1, -0.05) is 48.5 Å². The molecular weight excluding hydrogens is 220 g/mol. The van der Waals surface area contributed by atoms with Crippen LogP contribution in [0.1, 0.15) is 11.1 Å². The van der Waals surface area contributed by atoms with Crippen molar-refractivity contribution < 1.29 is 4.74 Å². The molecule has 4 rings (SSSR count). The maximum Gasteiger partial charge on any atom is 0.131 e. The lowest BCUT2D eigenvalue weighted by Gasteiger charge is -2.21. The molecule has 0 aromatic heterocycles. The smallest absolute Gasteiger partial charge is 0.131 e. The minimum Gasteiger partial charge on any atom is -0.457 e. The summed E-state index contributed by atoms with van der Waals surface area (Å²) in [5.41, 5.74) is 2.56. The Morgan fingerprint density at radius 2 is 1.56 bits per heavy atom. The van der Waals surface area contributed by atoms with E-state index < -0.39 is 0 Å². The van der Waals surface area contributed by atoms with Crippen molar-refractivity contribution in [1.82, 2.24) is 0 Å². The van der Waals surface area contributed by atoms with Gasteiger partial charge in [-0.2, -0.15) is 0 Å². The summed E-state index contributed by atoms with van der Waals surface area (Å²) < 4.78 is 5.99. The summed E-state index contributed by atoms with van der Waals surface area (Å²) in [5, 5.41) is 2.57. The molecular formula is C17H12O. The zero-order valence-electron chi connectivity index (χ0n) is 9.89. The van der Waals surface area contributed by atoms with Gasteiger partial charge in [-0.05, 0) is 28.5 Å². The van der Waals surface area contributed by atoms with Crippen LogP contribution >= 0.6 is 0 Å². The highest BCUT2D eigenvalue weighted by atomic mass is 16.5. The Hall–Kier alpha value is -2.28. The van der Waals surface area contributed by atoms with Gasteiger partial charge in [-0.15, -0.1) is 0 Å². The molecule has 18 heavy (non-hydrogen) atoms. The average molecular weight is 232 g/mol. The highest BCUT2D eigenvalue weighted by Gasteiger charge is 2.18. The first kappa shape index (κ1) is 9.72. The van der Waals surface area contributed by atoms with Crippen LogP contribution in [0, 0.1) is 0 Å². The molecule has 0 bridgehead atoms. The van der Waals surface area contributed by atoms with Gasteiger partial charge in [0.05, 0.1) is 0 Å². The first-order valence-electron chi connectivity index (χ1n) is 6.18. The SMILES string of the molecule is c1ccc2c(c1)Cc1c(ccc3ccccc13)O2. The summed E-state index contributed by atoms with van der Waals surface area (Å²) >= 11 is 0. The Balaban J connectivity index is 1.98. The molecule has 0 unspecified atom stereocenters. The van der Waals surface area contributed by atoms with E-state index in [4.69, 9.17) is 4.74 Å². The molecule has 0 radical (unpaired) electrons. The fourth-order valence-electron chi connectivity index (χ4n) is 2.65. The van der Waals surface area contributed by atoms with E-state index in [1.165, 1.54) is 21.9 Å². The van der Waals surface area contributed by atoms with E-state index in [1.54, 1.807) is 0 Å². The van der Waals surface area contributed by atoms with Gasteiger partial charge in [0.25, 0.3) is 0 Å². The molecule has 1 heterocycles. The van der Waals surface area contributed by atoms with Crippen LogP contribution < -0.4 is 4.74 Å². The van der Waals surface area contributed by atoms with Crippen molar-refractivity contribution in [1.29, 1.82) is 0 Å². The molecule has 0 saturated carbocycles. The normalized spacial score (nSPS) is 12.7. The van der Waals surface area contributed by atoms with Crippen LogP contribution in [-0.2, 0) is 6.42 Å². The van der Waals surface area contributed by atoms with Crippen molar-refractivity contribution in [3.05, 3.63) is 71.8 Å². The molecule has 3 aromatic carbocycles. The Morgan fingerprint density at radius 3 is 2.56 bits per heavy atom. The third kappa shape index (κ3) is 1.34. The fraction of sp³-hybridized carbons (Fsp3) is 0.0588. The molecule has 0 spiro atoms. The minimum absolute atomic E-state index is 0.951. The molecule has 1 aliphatic rings. The first-order chi connectivity index (χ1) is 8.92. The van der Waals surface area contributed by atoms with Gasteiger partial charge >= 0.3 is 0 Å². The Morgan fingerprint density at radius 1 is 0.722 bits per heavy atom. The number of fused-ring (bicyclic) bond motifs is 4. The lowest BCUT2D eigenvalue weighted by Crippen LogP contribution is -2.03. The second kappa shape index (κ2) is 3.61. The third-order valence-corrected chi connectivity index (χ3v) is 3.56. The summed E-state index contributed by atoms with van der Waals surface area (Å²) in [6.45, 7) is 0. The van der Waals surface area contributed by atoms with Crippen molar-refractivity contribution in [2.75, 3.05) is 0 Å². The van der Waals surface area contributed by atoms with Crippen LogP contribution in [0.5, 0.6) is 11.5 Å². The summed E-state index contributed by atoms with van der Waals surface area (Å²) in [7, 11) is 0. The Kier molecular flexibility index (Phi) is 1.95. The predicted octanol–water partition coefficient (Wildman–Crippen LogP) is 4.54. The van der Waals surface area contributed by atoms with Crippen molar-refractivity contribution in [2.24, 2.45) is 0 Å². The molecule has 1 aliphatic heterocycles. The topological polar surface area (TPSA) is 9.23 Å². The summed E-state index contributed by atoms with van der Waals surface area (Å²) in [6, 6.07) is 20.9. The van der Waals surface area contributed by atoms with Crippen molar-refractivity contribution in [3.8, 4) is 11.5 Å². The number of para-hydroxylation sites is 1. The number of benzene rings is 3. The molecule has 0 saturated heterocycles. The van der Waals surface area contributed by atoms with Crippen molar-refractivity contribution in [2.45, 2.75) is 6.42 Å². The van der Waals surface area contributed by atoms with E-state index in [-0.39, 0.29) is 0 Å². The molecule has 0 atom stereocenters. The van der Waals surface area contributed by atoms with Gasteiger partial charge in [0.1, 0.15) is 11.5 Å². The lowest BCUT2D eigenvalue weighted by atomic mass is 9.95. The second-order valence-electron chi connectivity index (χ2n) is 4.65. The molecule has 0 amide bonds. The van der Waals surface area contributed by atoms with E-state index in [2.05, 4.69) is 48.5 Å². The zero-order valence-corrected chi connectivity index (χ0v) is 9.89. The Bertz CT molecular complexity index is 743. The number of rotatable bonds is 0. The molecule has 1 nitrogen and oxygen atoms in total. The van der Waals surface area contributed by atoms with Crippen molar-refractivity contribution >= 4 is 10.8 Å². The van der Waals surface area contributed by atoms with Gasteiger partial charge in [-0.3, -0.25) is 0 Å². The third-order valence-electron chi connectivity index (χ3n) is 3.56. The van der Waals surface area contributed by atoms with Crippen LogP contribution in [0.25, 0.3) is 10.8 Å². The number of ether oxygens (including phenoxy) is 1. The van der Waals surface area contributed by atoms with Gasteiger partial charge < -0.3 is 4.74 Å². The van der Waals surface area contributed by atoms with Crippen molar-refractivity contribution in [3.63, 3.8) is 0 Å². The Labute approximate surface area is 106 Å². The van der Waals surface area contributed by atoms with E-state index in [0.29, 0.717) is 0 Å². The average Bonchev–Trinajstić information content (AvgIpc) is 2.45. The van der Waals surface area contributed by atoms with Gasteiger partial charge in [0, 0.05) is 12.0 Å². The zero-order chi connectivity index (χ0) is 11.9. The molecule has 0 aliphatic carbocycles. The molecule has 0 fully saturated rings. The molecule has 86 valence electrons. The monoisotopic (exact) mass is 232 g/mol. The molecule has 3 aromatic rings. The van der Waals surface area contributed by atoms with E-state index in [1.807, 2.05) is 12.1 Å². The van der Waals surface area contributed by atoms with Crippen LogP contribution in [-0.4, -0.2) is 0 Å². The van der Waals surface area contributed by atoms with Crippen LogP contribution in [0.2, 0.25) is 0 Å². The standard InChI is InChI=1S/C17H12O/c1-3-7-14-12(5-1)9-10-17-15(14)11-13-6-2-4-8-16(13)18-17/h1-10H,11H2. The summed E-state index contributed by atoms with van der Waals surface area (Å²) in [5.74, 6) is 1.98. The summed E-state index contributed by atoms with van der Waals surface area (Å²) in [4.78, 5) is 0. The highest BCUT2D eigenvalue weighted by molar-refractivity contribution is 5.88. The fourth-order valence-corrected chi connectivity index (χ4v) is 2.65. The lowest BCUT2D eigenvalue weighted by molar-refractivity contribution is 0.461. The number of hydrogen-bond acceptors (Lipinski definition) is 1.